The fourth-order valence-electron chi connectivity index (χ4n) is 3.84. The third kappa shape index (κ3) is 2.48. The Morgan fingerprint density at radius 2 is 2.15 bits per heavy atom. The van der Waals surface area contributed by atoms with Crippen LogP contribution in [0.4, 0.5) is 5.13 Å². The Bertz CT molecular complexity index is 457. The summed E-state index contributed by atoms with van der Waals surface area (Å²) in [6, 6.07) is 0.755. The minimum atomic E-state index is 0.531. The third-order valence-electron chi connectivity index (χ3n) is 5.24. The molecule has 3 rings (SSSR count). The third-order valence-corrected chi connectivity index (χ3v) is 6.37. The van der Waals surface area contributed by atoms with Crippen molar-refractivity contribution in [2.75, 3.05) is 11.4 Å². The summed E-state index contributed by atoms with van der Waals surface area (Å²) in [6.45, 7) is 6.34. The zero-order valence-corrected chi connectivity index (χ0v) is 13.6. The summed E-state index contributed by atoms with van der Waals surface area (Å²) in [5.74, 6) is 1.45. The molecule has 112 valence electrons. The molecular weight excluding hydrogens is 266 g/mol. The Balaban J connectivity index is 1.85. The summed E-state index contributed by atoms with van der Waals surface area (Å²) in [6.07, 6.45) is 8.11. The van der Waals surface area contributed by atoms with Gasteiger partial charge in [-0.2, -0.15) is 0 Å². The predicted octanol–water partition coefficient (Wildman–Crippen LogP) is 3.88. The van der Waals surface area contributed by atoms with E-state index in [9.17, 15) is 0 Å². The molecule has 1 aliphatic carbocycles. The van der Waals surface area contributed by atoms with E-state index in [1.54, 1.807) is 0 Å². The summed E-state index contributed by atoms with van der Waals surface area (Å²) < 4.78 is 0. The first-order valence-electron chi connectivity index (χ1n) is 8.20. The lowest BCUT2D eigenvalue weighted by molar-refractivity contribution is 0.342. The first kappa shape index (κ1) is 14.3. The van der Waals surface area contributed by atoms with Crippen molar-refractivity contribution in [3.63, 3.8) is 0 Å². The van der Waals surface area contributed by atoms with Crippen LogP contribution in [0.5, 0.6) is 0 Å². The molecule has 0 aromatic carbocycles. The van der Waals surface area contributed by atoms with Gasteiger partial charge in [-0.3, -0.25) is 0 Å². The van der Waals surface area contributed by atoms with Gasteiger partial charge in [0.25, 0.3) is 0 Å². The van der Waals surface area contributed by atoms with E-state index in [4.69, 9.17) is 10.7 Å². The number of nitrogens with zero attached hydrogens (tertiary/aromatic N) is 2. The molecule has 0 spiro atoms. The van der Waals surface area contributed by atoms with Gasteiger partial charge in [0.05, 0.1) is 5.69 Å². The number of hydrogen-bond donors (Lipinski definition) is 1. The van der Waals surface area contributed by atoms with Crippen LogP contribution in [0.3, 0.4) is 0 Å². The smallest absolute Gasteiger partial charge is 0.186 e. The molecule has 2 N–H and O–H groups in total. The first-order chi connectivity index (χ1) is 9.74. The topological polar surface area (TPSA) is 42.2 Å². The van der Waals surface area contributed by atoms with Crippen molar-refractivity contribution in [2.24, 2.45) is 11.7 Å². The van der Waals surface area contributed by atoms with Crippen molar-refractivity contribution < 1.29 is 0 Å². The van der Waals surface area contributed by atoms with Crippen LogP contribution in [-0.2, 0) is 6.54 Å². The molecule has 2 fully saturated rings. The highest BCUT2D eigenvalue weighted by Crippen LogP contribution is 2.41. The van der Waals surface area contributed by atoms with Crippen molar-refractivity contribution in [1.29, 1.82) is 0 Å². The van der Waals surface area contributed by atoms with Gasteiger partial charge >= 0.3 is 0 Å². The van der Waals surface area contributed by atoms with Crippen molar-refractivity contribution >= 4 is 16.5 Å². The van der Waals surface area contributed by atoms with Gasteiger partial charge in [0, 0.05) is 24.0 Å². The normalized spacial score (nSPS) is 27.6. The van der Waals surface area contributed by atoms with Crippen molar-refractivity contribution in [1.82, 2.24) is 4.98 Å². The second kappa shape index (κ2) is 6.02. The van der Waals surface area contributed by atoms with Crippen LogP contribution < -0.4 is 10.6 Å². The summed E-state index contributed by atoms with van der Waals surface area (Å²) in [4.78, 5) is 8.89. The lowest BCUT2D eigenvalue weighted by Gasteiger charge is -2.31. The fourth-order valence-corrected chi connectivity index (χ4v) is 4.98. The summed E-state index contributed by atoms with van der Waals surface area (Å²) in [5, 5.41) is 1.25. The largest absolute Gasteiger partial charge is 0.345 e. The summed E-state index contributed by atoms with van der Waals surface area (Å²) in [5.41, 5.74) is 7.20. The zero-order valence-electron chi connectivity index (χ0n) is 12.8. The van der Waals surface area contributed by atoms with Crippen LogP contribution in [0, 0.1) is 5.92 Å². The fraction of sp³-hybridized carbons (Fsp3) is 0.812. The summed E-state index contributed by atoms with van der Waals surface area (Å²) >= 11 is 1.85. The van der Waals surface area contributed by atoms with E-state index in [1.807, 2.05) is 11.3 Å². The molecule has 1 saturated heterocycles. The van der Waals surface area contributed by atoms with Crippen LogP contribution in [0.25, 0.3) is 0 Å². The number of fused-ring (bicyclic) bond motifs is 1. The van der Waals surface area contributed by atoms with Crippen LogP contribution in [0.2, 0.25) is 0 Å². The average Bonchev–Trinajstić information content (AvgIpc) is 3.09. The van der Waals surface area contributed by atoms with Gasteiger partial charge in [-0.25, -0.2) is 4.98 Å². The Morgan fingerprint density at radius 1 is 1.35 bits per heavy atom. The number of rotatable bonds is 4. The predicted molar refractivity (Wildman–Crippen MR) is 86.4 cm³/mol. The number of aromatic nitrogens is 1. The molecule has 0 radical (unpaired) electrons. The van der Waals surface area contributed by atoms with E-state index in [2.05, 4.69) is 18.7 Å². The molecule has 0 amide bonds. The van der Waals surface area contributed by atoms with Gasteiger partial charge in [0.15, 0.2) is 5.13 Å². The molecule has 3 nitrogen and oxygen atoms in total. The van der Waals surface area contributed by atoms with E-state index < -0.39 is 0 Å². The number of thiazole rings is 1. The van der Waals surface area contributed by atoms with Gasteiger partial charge in [-0.05, 0) is 37.5 Å². The van der Waals surface area contributed by atoms with Crippen molar-refractivity contribution in [3.8, 4) is 0 Å². The quantitative estimate of drug-likeness (QED) is 0.916. The molecule has 1 aromatic rings. The second-order valence-electron chi connectivity index (χ2n) is 6.41. The molecule has 2 heterocycles. The second-order valence-corrected chi connectivity index (χ2v) is 7.47. The van der Waals surface area contributed by atoms with Crippen molar-refractivity contribution in [2.45, 2.75) is 70.9 Å². The average molecular weight is 293 g/mol. The zero-order chi connectivity index (χ0) is 14.1. The minimum Gasteiger partial charge on any atom is -0.345 e. The first-order valence-corrected chi connectivity index (χ1v) is 9.02. The van der Waals surface area contributed by atoms with Crippen LogP contribution in [0.1, 0.15) is 68.9 Å². The Kier molecular flexibility index (Phi) is 4.32. The lowest BCUT2D eigenvalue weighted by atomic mass is 9.85. The Morgan fingerprint density at radius 3 is 2.90 bits per heavy atom. The van der Waals surface area contributed by atoms with Gasteiger partial charge in [-0.1, -0.05) is 26.7 Å². The molecule has 3 atom stereocenters. The molecule has 2 aliphatic rings. The molecule has 3 unspecified atom stereocenters. The Labute approximate surface area is 126 Å². The molecule has 20 heavy (non-hydrogen) atoms. The number of anilines is 1. The van der Waals surface area contributed by atoms with Crippen LogP contribution in [0.15, 0.2) is 0 Å². The van der Waals surface area contributed by atoms with Gasteiger partial charge < -0.3 is 10.6 Å². The van der Waals surface area contributed by atoms with E-state index in [-0.39, 0.29) is 0 Å². The van der Waals surface area contributed by atoms with Crippen LogP contribution >= 0.6 is 11.3 Å². The Hall–Kier alpha value is -0.610. The molecule has 0 bridgehead atoms. The number of hydrogen-bond acceptors (Lipinski definition) is 4. The van der Waals surface area contributed by atoms with Crippen LogP contribution in [-0.4, -0.2) is 17.6 Å². The molecular formula is C16H27N3S. The van der Waals surface area contributed by atoms with Crippen molar-refractivity contribution in [3.05, 3.63) is 10.6 Å². The van der Waals surface area contributed by atoms with E-state index >= 15 is 0 Å². The highest BCUT2D eigenvalue weighted by Gasteiger charge is 2.37. The van der Waals surface area contributed by atoms with Gasteiger partial charge in [0.1, 0.15) is 0 Å². The maximum Gasteiger partial charge on any atom is 0.186 e. The highest BCUT2D eigenvalue weighted by atomic mass is 32.1. The highest BCUT2D eigenvalue weighted by molar-refractivity contribution is 7.15. The van der Waals surface area contributed by atoms with Gasteiger partial charge in [0.2, 0.25) is 0 Å². The monoisotopic (exact) mass is 293 g/mol. The molecule has 1 aromatic heterocycles. The lowest BCUT2D eigenvalue weighted by Crippen LogP contribution is -2.34. The molecule has 1 aliphatic heterocycles. The minimum absolute atomic E-state index is 0.531. The van der Waals surface area contributed by atoms with E-state index in [0.717, 1.165) is 18.4 Å². The maximum atomic E-state index is 5.94. The van der Waals surface area contributed by atoms with E-state index in [1.165, 1.54) is 54.4 Å². The SMILES string of the molecule is CCC(C)c1nc(N2CCC3CCCCC32)sc1CN. The molecule has 4 heteroatoms. The maximum absolute atomic E-state index is 5.94. The summed E-state index contributed by atoms with van der Waals surface area (Å²) in [7, 11) is 0. The van der Waals surface area contributed by atoms with Gasteiger partial charge in [-0.15, -0.1) is 11.3 Å². The standard InChI is InChI=1S/C16H27N3S/c1-3-11(2)15-14(10-17)20-16(18-15)19-9-8-12-6-4-5-7-13(12)19/h11-13H,3-10,17H2,1-2H3. The molecule has 1 saturated carbocycles. The number of nitrogens with two attached hydrogens (primary N) is 1. The van der Waals surface area contributed by atoms with E-state index in [0.29, 0.717) is 12.5 Å².